The van der Waals surface area contributed by atoms with Crippen molar-refractivity contribution in [2.24, 2.45) is 9.98 Å². The first-order chi connectivity index (χ1) is 10.7. The van der Waals surface area contributed by atoms with Gasteiger partial charge in [0, 0.05) is 12.4 Å². The van der Waals surface area contributed by atoms with Crippen LogP contribution in [0, 0.1) is 0 Å². The van der Waals surface area contributed by atoms with Crippen LogP contribution >= 0.6 is 23.2 Å². The Bertz CT molecular complexity index is 734. The van der Waals surface area contributed by atoms with Crippen molar-refractivity contribution >= 4 is 47.0 Å². The highest BCUT2D eigenvalue weighted by atomic mass is 35.5. The van der Waals surface area contributed by atoms with Crippen molar-refractivity contribution in [2.45, 2.75) is 0 Å². The minimum atomic E-state index is 0.444. The molecule has 0 unspecified atom stereocenters. The molecule has 0 radical (unpaired) electrons. The number of nitrogens with zero attached hydrogens (tertiary/aromatic N) is 2. The van der Waals surface area contributed by atoms with E-state index in [1.54, 1.807) is 24.6 Å². The van der Waals surface area contributed by atoms with E-state index in [0.717, 1.165) is 11.4 Å². The molecule has 0 atom stereocenters. The molecule has 3 aromatic rings. The topological polar surface area (TPSA) is 56.3 Å². The lowest BCUT2D eigenvalue weighted by Crippen LogP contribution is -1.81. The Balaban J connectivity index is 1.95. The van der Waals surface area contributed by atoms with E-state index >= 15 is 0 Å². The van der Waals surface area contributed by atoms with Crippen molar-refractivity contribution in [3.05, 3.63) is 70.2 Å². The first kappa shape index (κ1) is 14.6. The van der Waals surface area contributed by atoms with E-state index in [0.29, 0.717) is 21.4 Å². The van der Waals surface area contributed by atoms with Crippen LogP contribution in [0.1, 0.15) is 11.4 Å². The summed E-state index contributed by atoms with van der Waals surface area (Å²) >= 11 is 12.1. The molecule has 1 aromatic carbocycles. The van der Waals surface area contributed by atoms with Gasteiger partial charge in [0.1, 0.15) is 0 Å². The van der Waals surface area contributed by atoms with Gasteiger partial charge in [0.05, 0.1) is 45.2 Å². The van der Waals surface area contributed by atoms with E-state index in [1.165, 1.54) is 0 Å². The van der Waals surface area contributed by atoms with Crippen LogP contribution in [0.3, 0.4) is 0 Å². The fourth-order valence-electron chi connectivity index (χ4n) is 1.86. The lowest BCUT2D eigenvalue weighted by atomic mass is 10.2. The van der Waals surface area contributed by atoms with E-state index in [1.807, 2.05) is 36.7 Å². The number of hydrogen-bond donors (Lipinski definition) is 2. The molecule has 0 aliphatic rings. The van der Waals surface area contributed by atoms with Gasteiger partial charge in [-0.3, -0.25) is 9.98 Å². The van der Waals surface area contributed by atoms with Crippen LogP contribution in [0.4, 0.5) is 11.4 Å². The third-order valence-electron chi connectivity index (χ3n) is 2.95. The highest BCUT2D eigenvalue weighted by molar-refractivity contribution is 6.42. The zero-order valence-electron chi connectivity index (χ0n) is 11.4. The molecule has 0 bridgehead atoms. The third-order valence-corrected chi connectivity index (χ3v) is 3.67. The van der Waals surface area contributed by atoms with Crippen molar-refractivity contribution in [1.82, 2.24) is 9.97 Å². The molecule has 0 aliphatic carbocycles. The molecule has 2 heterocycles. The molecular weight excluding hydrogens is 319 g/mol. The average molecular weight is 331 g/mol. The number of benzene rings is 1. The van der Waals surface area contributed by atoms with Gasteiger partial charge in [0.15, 0.2) is 0 Å². The monoisotopic (exact) mass is 330 g/mol. The van der Waals surface area contributed by atoms with E-state index in [2.05, 4.69) is 20.0 Å². The Kier molecular flexibility index (Phi) is 4.42. The highest BCUT2D eigenvalue weighted by Crippen LogP contribution is 2.36. The van der Waals surface area contributed by atoms with Crippen molar-refractivity contribution in [3.8, 4) is 0 Å². The summed E-state index contributed by atoms with van der Waals surface area (Å²) in [5, 5.41) is 0.887. The summed E-state index contributed by atoms with van der Waals surface area (Å²) in [6.45, 7) is 0. The first-order valence-corrected chi connectivity index (χ1v) is 7.32. The molecule has 2 aromatic heterocycles. The van der Waals surface area contributed by atoms with Gasteiger partial charge in [-0.05, 0) is 36.4 Å². The van der Waals surface area contributed by atoms with E-state index in [-0.39, 0.29) is 0 Å². The average Bonchev–Trinajstić information content (AvgIpc) is 3.19. The third kappa shape index (κ3) is 3.47. The maximum Gasteiger partial charge on any atom is 0.0902 e. The molecular formula is C16H12Cl2N4. The maximum atomic E-state index is 6.07. The number of aromatic nitrogens is 2. The van der Waals surface area contributed by atoms with Crippen molar-refractivity contribution in [1.29, 1.82) is 0 Å². The summed E-state index contributed by atoms with van der Waals surface area (Å²) in [7, 11) is 0. The van der Waals surface area contributed by atoms with Gasteiger partial charge < -0.3 is 9.97 Å². The predicted molar refractivity (Wildman–Crippen MR) is 92.6 cm³/mol. The summed E-state index contributed by atoms with van der Waals surface area (Å²) in [6, 6.07) is 11.0. The second kappa shape index (κ2) is 6.64. The molecule has 2 N–H and O–H groups in total. The van der Waals surface area contributed by atoms with Gasteiger partial charge >= 0.3 is 0 Å². The standard InChI is InChI=1S/C16H12Cl2N4/c17-13-7-15(21-9-11-3-1-5-19-11)16(8-14(13)18)22-10-12-4-2-6-20-12/h1-10,19-20H. The van der Waals surface area contributed by atoms with Crippen LogP contribution < -0.4 is 0 Å². The quantitative estimate of drug-likeness (QED) is 0.621. The Hall–Kier alpha value is -2.30. The number of aliphatic imine (C=N–C) groups is 2. The van der Waals surface area contributed by atoms with Gasteiger partial charge in [-0.25, -0.2) is 0 Å². The fraction of sp³-hybridized carbons (Fsp3) is 0. The summed E-state index contributed by atoms with van der Waals surface area (Å²) in [5.74, 6) is 0. The van der Waals surface area contributed by atoms with Gasteiger partial charge in [0.25, 0.3) is 0 Å². The Morgan fingerprint density at radius 1 is 0.773 bits per heavy atom. The largest absolute Gasteiger partial charge is 0.360 e. The lowest BCUT2D eigenvalue weighted by molar-refractivity contribution is 1.36. The van der Waals surface area contributed by atoms with E-state index in [9.17, 15) is 0 Å². The van der Waals surface area contributed by atoms with Crippen LogP contribution in [0.25, 0.3) is 0 Å². The number of halogens is 2. The van der Waals surface area contributed by atoms with Gasteiger partial charge in [-0.2, -0.15) is 0 Å². The van der Waals surface area contributed by atoms with Crippen LogP contribution in [-0.4, -0.2) is 22.4 Å². The van der Waals surface area contributed by atoms with Gasteiger partial charge in [-0.15, -0.1) is 0 Å². The highest BCUT2D eigenvalue weighted by Gasteiger charge is 2.06. The van der Waals surface area contributed by atoms with Gasteiger partial charge in [-0.1, -0.05) is 23.2 Å². The normalized spacial score (nSPS) is 11.7. The van der Waals surface area contributed by atoms with Crippen LogP contribution in [0.15, 0.2) is 58.8 Å². The summed E-state index contributed by atoms with van der Waals surface area (Å²) in [6.07, 6.45) is 7.10. The Morgan fingerprint density at radius 2 is 1.23 bits per heavy atom. The molecule has 0 aliphatic heterocycles. The molecule has 0 amide bonds. The van der Waals surface area contributed by atoms with E-state index < -0.39 is 0 Å². The maximum absolute atomic E-state index is 6.07. The summed E-state index contributed by atoms with van der Waals surface area (Å²) in [4.78, 5) is 15.0. The second-order valence-electron chi connectivity index (χ2n) is 4.52. The molecule has 6 heteroatoms. The SMILES string of the molecule is Clc1cc(N=Cc2ccc[nH]2)c(N=Cc2ccc[nH]2)cc1Cl. The molecule has 110 valence electrons. The number of aromatic amines is 2. The van der Waals surface area contributed by atoms with Crippen LogP contribution in [0.2, 0.25) is 10.0 Å². The van der Waals surface area contributed by atoms with Gasteiger partial charge in [0.2, 0.25) is 0 Å². The summed E-state index contributed by atoms with van der Waals surface area (Å²) in [5.41, 5.74) is 3.08. The van der Waals surface area contributed by atoms with Crippen molar-refractivity contribution in [3.63, 3.8) is 0 Å². The van der Waals surface area contributed by atoms with Crippen LogP contribution in [-0.2, 0) is 0 Å². The molecule has 0 spiro atoms. The molecule has 0 fully saturated rings. The zero-order chi connectivity index (χ0) is 15.4. The molecule has 4 nitrogen and oxygen atoms in total. The number of H-pyrrole nitrogens is 2. The molecule has 0 saturated heterocycles. The lowest BCUT2D eigenvalue weighted by Gasteiger charge is -2.03. The predicted octanol–water partition coefficient (Wildman–Crippen LogP) is 5.15. The fourth-order valence-corrected chi connectivity index (χ4v) is 2.18. The molecule has 22 heavy (non-hydrogen) atoms. The molecule has 0 saturated carbocycles. The second-order valence-corrected chi connectivity index (χ2v) is 5.34. The zero-order valence-corrected chi connectivity index (χ0v) is 12.9. The van der Waals surface area contributed by atoms with Crippen molar-refractivity contribution in [2.75, 3.05) is 0 Å². The number of nitrogens with one attached hydrogen (secondary N) is 2. The number of hydrogen-bond acceptors (Lipinski definition) is 2. The summed E-state index contributed by atoms with van der Waals surface area (Å²) < 4.78 is 0. The number of rotatable bonds is 4. The van der Waals surface area contributed by atoms with E-state index in [4.69, 9.17) is 23.2 Å². The smallest absolute Gasteiger partial charge is 0.0902 e. The Labute approximate surface area is 137 Å². The molecule has 3 rings (SSSR count). The minimum absolute atomic E-state index is 0.444. The first-order valence-electron chi connectivity index (χ1n) is 6.56. The van der Waals surface area contributed by atoms with Crippen LogP contribution in [0.5, 0.6) is 0 Å². The minimum Gasteiger partial charge on any atom is -0.360 e. The van der Waals surface area contributed by atoms with Crippen molar-refractivity contribution < 1.29 is 0 Å². The Morgan fingerprint density at radius 3 is 1.59 bits per heavy atom.